The fraction of sp³-hybridized carbons (Fsp3) is 0.450. The second-order valence-corrected chi connectivity index (χ2v) is 7.48. The molecule has 1 aromatic carbocycles. The summed E-state index contributed by atoms with van der Waals surface area (Å²) in [5, 5.41) is 3.06. The molecule has 1 heterocycles. The Kier molecular flexibility index (Phi) is 5.49. The number of hydrogen-bond acceptors (Lipinski definition) is 5. The smallest absolute Gasteiger partial charge is 0.268 e. The largest absolute Gasteiger partial charge is 0.365 e. The summed E-state index contributed by atoms with van der Waals surface area (Å²) >= 11 is 0. The van der Waals surface area contributed by atoms with Crippen molar-refractivity contribution < 1.29 is 13.6 Å². The van der Waals surface area contributed by atoms with Crippen LogP contribution in [0.15, 0.2) is 30.5 Å². The van der Waals surface area contributed by atoms with E-state index in [1.807, 2.05) is 38.1 Å². The van der Waals surface area contributed by atoms with Crippen LogP contribution in [0.1, 0.15) is 42.1 Å². The summed E-state index contributed by atoms with van der Waals surface area (Å²) < 4.78 is 29.1. The molecule has 3 N–H and O–H groups in total. The minimum atomic E-state index is -2.83. The zero-order valence-electron chi connectivity index (χ0n) is 16.2. The van der Waals surface area contributed by atoms with E-state index in [-0.39, 0.29) is 29.7 Å². The first-order valence-corrected chi connectivity index (χ1v) is 9.30. The number of carbonyl (C=O) groups excluding carboxylic acids is 1. The number of rotatable bonds is 5. The summed E-state index contributed by atoms with van der Waals surface area (Å²) in [6.45, 7) is 3.75. The number of halogens is 2. The lowest BCUT2D eigenvalue weighted by molar-refractivity contribution is -0.0702. The van der Waals surface area contributed by atoms with E-state index in [1.54, 1.807) is 7.05 Å². The van der Waals surface area contributed by atoms with Gasteiger partial charge in [0.2, 0.25) is 5.95 Å². The highest BCUT2D eigenvalue weighted by molar-refractivity contribution is 5.98. The summed E-state index contributed by atoms with van der Waals surface area (Å²) in [6, 6.07) is 6.49. The molecule has 0 spiro atoms. The number of nitrogens with zero attached hydrogens (tertiary/aromatic N) is 3. The zero-order chi connectivity index (χ0) is 20.5. The Morgan fingerprint density at radius 2 is 2.14 bits per heavy atom. The summed E-state index contributed by atoms with van der Waals surface area (Å²) in [7, 11) is 1.57. The molecule has 0 aliphatic heterocycles. The van der Waals surface area contributed by atoms with Gasteiger partial charge in [-0.3, -0.25) is 4.79 Å². The molecule has 6 nitrogen and oxygen atoms in total. The van der Waals surface area contributed by atoms with Gasteiger partial charge in [-0.2, -0.15) is 4.98 Å². The van der Waals surface area contributed by atoms with E-state index in [0.717, 1.165) is 12.0 Å². The average molecular weight is 389 g/mol. The van der Waals surface area contributed by atoms with Gasteiger partial charge in [-0.05, 0) is 43.4 Å². The molecule has 1 amide bonds. The Bertz CT molecular complexity index is 873. The van der Waals surface area contributed by atoms with Gasteiger partial charge in [-0.25, -0.2) is 13.8 Å². The molecule has 8 heteroatoms. The van der Waals surface area contributed by atoms with Crippen LogP contribution in [0.4, 0.5) is 26.2 Å². The van der Waals surface area contributed by atoms with Crippen molar-refractivity contribution in [3.63, 3.8) is 0 Å². The van der Waals surface area contributed by atoms with Crippen molar-refractivity contribution in [2.75, 3.05) is 17.3 Å². The van der Waals surface area contributed by atoms with Crippen LogP contribution in [0, 0.1) is 12.8 Å². The summed E-state index contributed by atoms with van der Waals surface area (Å²) in [6.07, 6.45) is 2.35. The molecular weight excluding hydrogens is 364 g/mol. The van der Waals surface area contributed by atoms with Crippen molar-refractivity contribution in [3.05, 3.63) is 41.6 Å². The lowest BCUT2D eigenvalue weighted by Crippen LogP contribution is -2.53. The Balaban J connectivity index is 1.97. The molecule has 0 saturated heterocycles. The van der Waals surface area contributed by atoms with Crippen LogP contribution in [0.5, 0.6) is 0 Å². The fourth-order valence-corrected chi connectivity index (χ4v) is 3.85. The van der Waals surface area contributed by atoms with Crippen LogP contribution in [0.2, 0.25) is 0 Å². The molecule has 1 fully saturated rings. The Labute approximate surface area is 163 Å². The number of aryl methyl sites for hydroxylation is 1. The number of primary amides is 1. The van der Waals surface area contributed by atoms with Gasteiger partial charge < -0.3 is 16.0 Å². The SMILES string of the molecule is Cc1cccc(Nc2nc(N(C)C3C(C)CCCC3(F)F)ncc2C(N)=O)c1. The van der Waals surface area contributed by atoms with Crippen LogP contribution in [0.3, 0.4) is 0 Å². The van der Waals surface area contributed by atoms with E-state index in [2.05, 4.69) is 15.3 Å². The lowest BCUT2D eigenvalue weighted by atomic mass is 9.82. The first kappa shape index (κ1) is 20.0. The number of carbonyl (C=O) groups is 1. The van der Waals surface area contributed by atoms with Gasteiger partial charge in [-0.1, -0.05) is 19.1 Å². The van der Waals surface area contributed by atoms with E-state index >= 15 is 0 Å². The van der Waals surface area contributed by atoms with Crippen molar-refractivity contribution in [2.45, 2.75) is 45.1 Å². The van der Waals surface area contributed by atoms with Crippen LogP contribution >= 0.6 is 0 Å². The van der Waals surface area contributed by atoms with Gasteiger partial charge in [0.25, 0.3) is 11.8 Å². The Hall–Kier alpha value is -2.77. The van der Waals surface area contributed by atoms with Gasteiger partial charge in [0, 0.05) is 25.4 Å². The Morgan fingerprint density at radius 1 is 1.39 bits per heavy atom. The van der Waals surface area contributed by atoms with Gasteiger partial charge in [0.15, 0.2) is 0 Å². The van der Waals surface area contributed by atoms with Crippen LogP contribution in [-0.4, -0.2) is 34.9 Å². The molecule has 1 aromatic heterocycles. The predicted octanol–water partition coefficient (Wildman–Crippen LogP) is 3.89. The number of anilines is 3. The average Bonchev–Trinajstić information content (AvgIpc) is 2.60. The van der Waals surface area contributed by atoms with E-state index in [0.29, 0.717) is 12.1 Å². The van der Waals surface area contributed by atoms with Gasteiger partial charge in [-0.15, -0.1) is 0 Å². The molecule has 1 aliphatic carbocycles. The highest BCUT2D eigenvalue weighted by Crippen LogP contribution is 2.40. The summed E-state index contributed by atoms with van der Waals surface area (Å²) in [4.78, 5) is 21.7. The molecular formula is C20H25F2N5O. The highest BCUT2D eigenvalue weighted by atomic mass is 19.3. The third kappa shape index (κ3) is 4.05. The van der Waals surface area contributed by atoms with Crippen LogP contribution in [0.25, 0.3) is 0 Å². The minimum Gasteiger partial charge on any atom is -0.365 e. The fourth-order valence-electron chi connectivity index (χ4n) is 3.85. The number of benzene rings is 1. The topological polar surface area (TPSA) is 84.1 Å². The van der Waals surface area contributed by atoms with Crippen molar-refractivity contribution in [2.24, 2.45) is 11.7 Å². The number of nitrogens with two attached hydrogens (primary N) is 1. The summed E-state index contributed by atoms with van der Waals surface area (Å²) in [5.74, 6) is -3.41. The number of nitrogens with one attached hydrogen (secondary N) is 1. The predicted molar refractivity (Wildman–Crippen MR) is 105 cm³/mol. The first-order chi connectivity index (χ1) is 13.2. The standard InChI is InChI=1S/C20H25F2N5O/c1-12-6-4-8-14(10-12)25-18-15(17(23)28)11-24-19(26-18)27(3)16-13(2)7-5-9-20(16,21)22/h4,6,8,10-11,13,16H,5,7,9H2,1-3H3,(H2,23,28)(H,24,25,26). The normalized spacial score (nSPS) is 21.2. The molecule has 150 valence electrons. The van der Waals surface area contributed by atoms with Gasteiger partial charge in [0.1, 0.15) is 11.4 Å². The van der Waals surface area contributed by atoms with E-state index < -0.39 is 17.9 Å². The van der Waals surface area contributed by atoms with Crippen LogP contribution < -0.4 is 16.0 Å². The molecule has 0 bridgehead atoms. The maximum atomic E-state index is 14.6. The first-order valence-electron chi connectivity index (χ1n) is 9.30. The third-order valence-corrected chi connectivity index (χ3v) is 5.20. The van der Waals surface area contributed by atoms with Crippen molar-refractivity contribution in [1.82, 2.24) is 9.97 Å². The molecule has 28 heavy (non-hydrogen) atoms. The van der Waals surface area contributed by atoms with Crippen molar-refractivity contribution in [1.29, 1.82) is 0 Å². The van der Waals surface area contributed by atoms with Crippen LogP contribution in [-0.2, 0) is 0 Å². The monoisotopic (exact) mass is 389 g/mol. The zero-order valence-corrected chi connectivity index (χ0v) is 16.2. The van der Waals surface area contributed by atoms with Crippen molar-refractivity contribution in [3.8, 4) is 0 Å². The quantitative estimate of drug-likeness (QED) is 0.811. The molecule has 3 rings (SSSR count). The van der Waals surface area contributed by atoms with Gasteiger partial charge >= 0.3 is 0 Å². The number of hydrogen-bond donors (Lipinski definition) is 2. The molecule has 1 saturated carbocycles. The lowest BCUT2D eigenvalue weighted by Gasteiger charge is -2.41. The molecule has 0 radical (unpaired) electrons. The maximum absolute atomic E-state index is 14.6. The number of amides is 1. The van der Waals surface area contributed by atoms with E-state index in [9.17, 15) is 13.6 Å². The summed E-state index contributed by atoms with van der Waals surface area (Å²) in [5.41, 5.74) is 7.27. The maximum Gasteiger partial charge on any atom is 0.268 e. The molecule has 2 atom stereocenters. The number of alkyl halides is 2. The van der Waals surface area contributed by atoms with E-state index in [4.69, 9.17) is 5.73 Å². The second-order valence-electron chi connectivity index (χ2n) is 7.48. The highest BCUT2D eigenvalue weighted by Gasteiger charge is 2.48. The van der Waals surface area contributed by atoms with Crippen molar-refractivity contribution >= 4 is 23.4 Å². The molecule has 1 aliphatic rings. The molecule has 2 aromatic rings. The number of aromatic nitrogens is 2. The Morgan fingerprint density at radius 3 is 2.79 bits per heavy atom. The molecule has 2 unspecified atom stereocenters. The van der Waals surface area contributed by atoms with Gasteiger partial charge in [0.05, 0.1) is 6.04 Å². The van der Waals surface area contributed by atoms with E-state index in [1.165, 1.54) is 11.1 Å². The minimum absolute atomic E-state index is 0.0992. The third-order valence-electron chi connectivity index (χ3n) is 5.20. The second kappa shape index (κ2) is 7.69.